The third-order valence-electron chi connectivity index (χ3n) is 2.22. The van der Waals surface area contributed by atoms with Gasteiger partial charge in [-0.15, -0.1) is 0 Å². The summed E-state index contributed by atoms with van der Waals surface area (Å²) in [6, 6.07) is 0.678. The van der Waals surface area contributed by atoms with Gasteiger partial charge in [0, 0.05) is 24.4 Å². The molecule has 13 heavy (non-hydrogen) atoms. The number of thioether (sulfide) groups is 1. The van der Waals surface area contributed by atoms with E-state index in [1.165, 1.54) is 13.1 Å². The summed E-state index contributed by atoms with van der Waals surface area (Å²) >= 11 is 1.96. The number of rotatable bonds is 6. The Labute approximate surface area is 88.3 Å². The molecule has 0 saturated carbocycles. The number of nitrogens with zero attached hydrogens (tertiary/aromatic N) is 1. The van der Waals surface area contributed by atoms with E-state index in [1.807, 2.05) is 11.8 Å². The summed E-state index contributed by atoms with van der Waals surface area (Å²) in [5.74, 6) is 0.774. The molecule has 0 rings (SSSR count). The van der Waals surface area contributed by atoms with Crippen molar-refractivity contribution in [1.82, 2.24) is 4.90 Å². The minimum absolute atomic E-state index is 0.678. The van der Waals surface area contributed by atoms with E-state index in [0.717, 1.165) is 11.2 Å². The zero-order valence-corrected chi connectivity index (χ0v) is 10.8. The standard InChI is InChI=1S/C11H25NS/c1-9(2)7-12(10(3)4)8-11(5)13-6/h9-11H,7-8H2,1-6H3. The molecule has 0 aliphatic carbocycles. The molecule has 0 aliphatic heterocycles. The van der Waals surface area contributed by atoms with Crippen LogP contribution in [0.5, 0.6) is 0 Å². The second-order valence-electron chi connectivity index (χ2n) is 4.49. The van der Waals surface area contributed by atoms with Crippen molar-refractivity contribution in [2.75, 3.05) is 19.3 Å². The van der Waals surface area contributed by atoms with Gasteiger partial charge >= 0.3 is 0 Å². The van der Waals surface area contributed by atoms with Gasteiger partial charge in [-0.2, -0.15) is 11.8 Å². The van der Waals surface area contributed by atoms with Crippen LogP contribution in [0.1, 0.15) is 34.6 Å². The molecular weight excluding hydrogens is 178 g/mol. The highest BCUT2D eigenvalue weighted by Gasteiger charge is 2.13. The molecule has 0 amide bonds. The van der Waals surface area contributed by atoms with E-state index in [2.05, 4.69) is 45.8 Å². The van der Waals surface area contributed by atoms with Crippen molar-refractivity contribution in [2.45, 2.75) is 45.9 Å². The summed E-state index contributed by atoms with van der Waals surface area (Å²) in [7, 11) is 0. The van der Waals surface area contributed by atoms with Gasteiger partial charge in [-0.05, 0) is 26.0 Å². The van der Waals surface area contributed by atoms with Crippen molar-refractivity contribution in [3.05, 3.63) is 0 Å². The van der Waals surface area contributed by atoms with Crippen LogP contribution in [0.25, 0.3) is 0 Å². The molecule has 2 heteroatoms. The largest absolute Gasteiger partial charge is 0.300 e. The lowest BCUT2D eigenvalue weighted by Crippen LogP contribution is -2.38. The normalized spacial score (nSPS) is 14.5. The van der Waals surface area contributed by atoms with Crippen molar-refractivity contribution in [3.63, 3.8) is 0 Å². The van der Waals surface area contributed by atoms with Crippen LogP contribution in [0.2, 0.25) is 0 Å². The van der Waals surface area contributed by atoms with E-state index in [4.69, 9.17) is 0 Å². The zero-order chi connectivity index (χ0) is 10.4. The zero-order valence-electron chi connectivity index (χ0n) is 10.0. The van der Waals surface area contributed by atoms with Crippen LogP contribution in [0.4, 0.5) is 0 Å². The van der Waals surface area contributed by atoms with Gasteiger partial charge < -0.3 is 0 Å². The Hall–Kier alpha value is 0.310. The minimum atomic E-state index is 0.678. The Balaban J connectivity index is 3.94. The quantitative estimate of drug-likeness (QED) is 0.652. The first-order chi connectivity index (χ1) is 5.97. The van der Waals surface area contributed by atoms with Gasteiger partial charge in [-0.3, -0.25) is 4.90 Å². The van der Waals surface area contributed by atoms with Gasteiger partial charge in [0.05, 0.1) is 0 Å². The van der Waals surface area contributed by atoms with Gasteiger partial charge in [0.2, 0.25) is 0 Å². The summed E-state index contributed by atoms with van der Waals surface area (Å²) in [5, 5.41) is 0.751. The maximum atomic E-state index is 2.58. The molecular formula is C11H25NS. The molecule has 0 saturated heterocycles. The Morgan fingerprint density at radius 1 is 1.00 bits per heavy atom. The van der Waals surface area contributed by atoms with E-state index < -0.39 is 0 Å². The molecule has 1 nitrogen and oxygen atoms in total. The van der Waals surface area contributed by atoms with Crippen molar-refractivity contribution in [2.24, 2.45) is 5.92 Å². The topological polar surface area (TPSA) is 3.24 Å². The van der Waals surface area contributed by atoms with E-state index >= 15 is 0 Å². The molecule has 0 aliphatic rings. The summed E-state index contributed by atoms with van der Waals surface area (Å²) in [5.41, 5.74) is 0. The van der Waals surface area contributed by atoms with Crippen LogP contribution in [0.3, 0.4) is 0 Å². The average Bonchev–Trinajstić information content (AvgIpc) is 2.02. The first kappa shape index (κ1) is 13.3. The molecule has 0 radical (unpaired) electrons. The predicted molar refractivity (Wildman–Crippen MR) is 64.5 cm³/mol. The molecule has 1 unspecified atom stereocenters. The van der Waals surface area contributed by atoms with E-state index in [9.17, 15) is 0 Å². The van der Waals surface area contributed by atoms with Crippen LogP contribution in [-0.4, -0.2) is 35.5 Å². The van der Waals surface area contributed by atoms with Crippen LogP contribution in [0.15, 0.2) is 0 Å². The second kappa shape index (κ2) is 6.72. The highest BCUT2D eigenvalue weighted by molar-refractivity contribution is 7.99. The number of hydrogen-bond acceptors (Lipinski definition) is 2. The van der Waals surface area contributed by atoms with Crippen LogP contribution in [-0.2, 0) is 0 Å². The van der Waals surface area contributed by atoms with Crippen LogP contribution >= 0.6 is 11.8 Å². The highest BCUT2D eigenvalue weighted by atomic mass is 32.2. The lowest BCUT2D eigenvalue weighted by atomic mass is 10.1. The summed E-state index contributed by atoms with van der Waals surface area (Å²) in [6.07, 6.45) is 2.19. The smallest absolute Gasteiger partial charge is 0.0144 e. The average molecular weight is 203 g/mol. The molecule has 0 N–H and O–H groups in total. The Morgan fingerprint density at radius 3 is 1.85 bits per heavy atom. The number of hydrogen-bond donors (Lipinski definition) is 0. The fourth-order valence-electron chi connectivity index (χ4n) is 1.37. The highest BCUT2D eigenvalue weighted by Crippen LogP contribution is 2.11. The lowest BCUT2D eigenvalue weighted by Gasteiger charge is -2.30. The van der Waals surface area contributed by atoms with Gasteiger partial charge in [0.1, 0.15) is 0 Å². The molecule has 1 atom stereocenters. The SMILES string of the molecule is CSC(C)CN(CC(C)C)C(C)C. The van der Waals surface area contributed by atoms with Crippen molar-refractivity contribution >= 4 is 11.8 Å². The first-order valence-corrected chi connectivity index (χ1v) is 6.53. The predicted octanol–water partition coefficient (Wildman–Crippen LogP) is 3.10. The monoisotopic (exact) mass is 203 g/mol. The second-order valence-corrected chi connectivity index (χ2v) is 5.76. The Kier molecular flexibility index (Phi) is 6.88. The summed E-state index contributed by atoms with van der Waals surface area (Å²) in [6.45, 7) is 13.9. The Bertz CT molecular complexity index is 123. The summed E-state index contributed by atoms with van der Waals surface area (Å²) < 4.78 is 0. The van der Waals surface area contributed by atoms with Gasteiger partial charge in [0.15, 0.2) is 0 Å². The maximum absolute atomic E-state index is 2.58. The van der Waals surface area contributed by atoms with Crippen molar-refractivity contribution in [3.8, 4) is 0 Å². The third-order valence-corrected chi connectivity index (χ3v) is 3.18. The van der Waals surface area contributed by atoms with Crippen LogP contribution < -0.4 is 0 Å². The molecule has 80 valence electrons. The molecule has 0 aromatic carbocycles. The van der Waals surface area contributed by atoms with Crippen LogP contribution in [0, 0.1) is 5.92 Å². The maximum Gasteiger partial charge on any atom is 0.0144 e. The van der Waals surface area contributed by atoms with Crippen molar-refractivity contribution < 1.29 is 0 Å². The molecule has 0 aromatic heterocycles. The van der Waals surface area contributed by atoms with Gasteiger partial charge in [-0.1, -0.05) is 20.8 Å². The van der Waals surface area contributed by atoms with Gasteiger partial charge in [0.25, 0.3) is 0 Å². The fraction of sp³-hybridized carbons (Fsp3) is 1.00. The first-order valence-electron chi connectivity index (χ1n) is 5.24. The van der Waals surface area contributed by atoms with E-state index in [-0.39, 0.29) is 0 Å². The molecule has 0 spiro atoms. The van der Waals surface area contributed by atoms with E-state index in [1.54, 1.807) is 0 Å². The molecule has 0 bridgehead atoms. The lowest BCUT2D eigenvalue weighted by molar-refractivity contribution is 0.200. The Morgan fingerprint density at radius 2 is 1.54 bits per heavy atom. The molecule has 0 aromatic rings. The van der Waals surface area contributed by atoms with Crippen molar-refractivity contribution in [1.29, 1.82) is 0 Å². The van der Waals surface area contributed by atoms with Gasteiger partial charge in [-0.25, -0.2) is 0 Å². The molecule has 0 fully saturated rings. The molecule has 0 heterocycles. The fourth-order valence-corrected chi connectivity index (χ4v) is 1.71. The third kappa shape index (κ3) is 6.39. The minimum Gasteiger partial charge on any atom is -0.300 e. The summed E-state index contributed by atoms with van der Waals surface area (Å²) in [4.78, 5) is 2.58. The van der Waals surface area contributed by atoms with E-state index in [0.29, 0.717) is 6.04 Å².